The summed E-state index contributed by atoms with van der Waals surface area (Å²) in [7, 11) is 0. The molecule has 2 aromatic carbocycles. The third-order valence-electron chi connectivity index (χ3n) is 5.39. The zero-order valence-electron chi connectivity index (χ0n) is 15.0. The molecule has 0 aliphatic carbocycles. The maximum Gasteiger partial charge on any atom is 0.115 e. The first-order valence-electron chi connectivity index (χ1n) is 9.35. The van der Waals surface area contributed by atoms with Crippen LogP contribution in [0.4, 0.5) is 0 Å². The van der Waals surface area contributed by atoms with Crippen LogP contribution in [0.1, 0.15) is 37.0 Å². The molecule has 25 heavy (non-hydrogen) atoms. The van der Waals surface area contributed by atoms with Gasteiger partial charge in [-0.25, -0.2) is 0 Å². The monoisotopic (exact) mass is 339 g/mol. The average Bonchev–Trinajstić information content (AvgIpc) is 2.64. The summed E-state index contributed by atoms with van der Waals surface area (Å²) in [6.07, 6.45) is 3.16. The van der Waals surface area contributed by atoms with Crippen molar-refractivity contribution in [2.24, 2.45) is 11.8 Å². The number of aliphatic hydroxyl groups is 1. The smallest absolute Gasteiger partial charge is 0.115 e. The number of aromatic hydroxyl groups is 1. The van der Waals surface area contributed by atoms with Gasteiger partial charge in [0.05, 0.1) is 6.10 Å². The number of phenolic OH excluding ortho intramolecular Hbond substituents is 1. The number of benzene rings is 2. The Hall–Kier alpha value is -1.84. The number of nitrogens with zero attached hydrogens (tertiary/aromatic N) is 1. The van der Waals surface area contributed by atoms with Crippen molar-refractivity contribution in [1.29, 1.82) is 0 Å². The van der Waals surface area contributed by atoms with Crippen molar-refractivity contribution in [3.63, 3.8) is 0 Å². The van der Waals surface area contributed by atoms with Gasteiger partial charge in [0.2, 0.25) is 0 Å². The molecule has 0 unspecified atom stereocenters. The van der Waals surface area contributed by atoms with Crippen molar-refractivity contribution in [3.05, 3.63) is 65.7 Å². The second-order valence-electron chi connectivity index (χ2n) is 7.45. The number of likely N-dealkylation sites (tertiary alicyclic amines) is 1. The molecule has 1 heterocycles. The second kappa shape index (κ2) is 8.50. The van der Waals surface area contributed by atoms with E-state index in [4.69, 9.17) is 0 Å². The van der Waals surface area contributed by atoms with Gasteiger partial charge < -0.3 is 15.1 Å². The highest BCUT2D eigenvalue weighted by molar-refractivity contribution is 5.27. The molecule has 1 fully saturated rings. The first kappa shape index (κ1) is 18.0. The summed E-state index contributed by atoms with van der Waals surface area (Å²) >= 11 is 0. The summed E-state index contributed by atoms with van der Waals surface area (Å²) in [6, 6.07) is 17.7. The lowest BCUT2D eigenvalue weighted by Gasteiger charge is -2.34. The minimum Gasteiger partial charge on any atom is -0.508 e. The maximum absolute atomic E-state index is 10.5. The Bertz CT molecular complexity index is 633. The molecule has 0 spiro atoms. The minimum absolute atomic E-state index is 0.176. The lowest BCUT2D eigenvalue weighted by atomic mass is 9.89. The lowest BCUT2D eigenvalue weighted by Crippen LogP contribution is -2.38. The topological polar surface area (TPSA) is 43.7 Å². The number of rotatable bonds is 6. The fraction of sp³-hybridized carbons (Fsp3) is 0.455. The van der Waals surface area contributed by atoms with E-state index < -0.39 is 6.10 Å². The predicted octanol–water partition coefficient (Wildman–Crippen LogP) is 4.02. The van der Waals surface area contributed by atoms with Crippen LogP contribution < -0.4 is 0 Å². The van der Waals surface area contributed by atoms with Crippen LogP contribution in [-0.2, 0) is 6.42 Å². The van der Waals surface area contributed by atoms with E-state index in [9.17, 15) is 10.2 Å². The van der Waals surface area contributed by atoms with Gasteiger partial charge in [-0.1, -0.05) is 49.4 Å². The average molecular weight is 339 g/mol. The highest BCUT2D eigenvalue weighted by Gasteiger charge is 2.24. The van der Waals surface area contributed by atoms with Gasteiger partial charge in [0.15, 0.2) is 0 Å². The fourth-order valence-electron chi connectivity index (χ4n) is 3.83. The normalized spacial score (nSPS) is 18.8. The number of hydrogen-bond donors (Lipinski definition) is 2. The molecule has 1 saturated heterocycles. The van der Waals surface area contributed by atoms with E-state index in [1.807, 2.05) is 12.1 Å². The lowest BCUT2D eigenvalue weighted by molar-refractivity contribution is 0.0752. The maximum atomic E-state index is 10.5. The molecule has 2 N–H and O–H groups in total. The van der Waals surface area contributed by atoms with Crippen molar-refractivity contribution in [2.75, 3.05) is 19.6 Å². The van der Waals surface area contributed by atoms with Gasteiger partial charge >= 0.3 is 0 Å². The standard InChI is InChI=1S/C22H29NO2/c1-17(22(25)20-7-9-21(24)10-8-20)16-23-13-11-19(12-14-23)15-18-5-3-2-4-6-18/h2-10,17,19,22,24-25H,11-16H2,1H3/t17-,22-/m0/s1. The summed E-state index contributed by atoms with van der Waals surface area (Å²) in [6.45, 7) is 5.25. The molecule has 0 amide bonds. The summed E-state index contributed by atoms with van der Waals surface area (Å²) in [5, 5.41) is 19.9. The van der Waals surface area contributed by atoms with Crippen LogP contribution in [-0.4, -0.2) is 34.7 Å². The number of piperidine rings is 1. The van der Waals surface area contributed by atoms with Crippen LogP contribution in [0.3, 0.4) is 0 Å². The Kier molecular flexibility index (Phi) is 6.11. The van der Waals surface area contributed by atoms with Crippen LogP contribution in [0.5, 0.6) is 5.75 Å². The Morgan fingerprint density at radius 1 is 1.00 bits per heavy atom. The van der Waals surface area contributed by atoms with Crippen molar-refractivity contribution >= 4 is 0 Å². The largest absolute Gasteiger partial charge is 0.508 e. The molecule has 134 valence electrons. The number of hydrogen-bond acceptors (Lipinski definition) is 3. The minimum atomic E-state index is -0.484. The van der Waals surface area contributed by atoms with E-state index in [2.05, 4.69) is 42.2 Å². The van der Waals surface area contributed by atoms with Crippen LogP contribution in [0.25, 0.3) is 0 Å². The Morgan fingerprint density at radius 2 is 1.64 bits per heavy atom. The van der Waals surface area contributed by atoms with E-state index in [0.29, 0.717) is 0 Å². The molecule has 0 saturated carbocycles. The SMILES string of the molecule is C[C@@H](CN1CCC(Cc2ccccc2)CC1)[C@H](O)c1ccc(O)cc1. The number of aliphatic hydroxyl groups excluding tert-OH is 1. The molecule has 2 atom stereocenters. The summed E-state index contributed by atoms with van der Waals surface area (Å²) < 4.78 is 0. The van der Waals surface area contributed by atoms with Gasteiger partial charge in [-0.05, 0) is 67.4 Å². The van der Waals surface area contributed by atoms with E-state index in [0.717, 1.165) is 31.1 Å². The van der Waals surface area contributed by atoms with Gasteiger partial charge in [-0.3, -0.25) is 0 Å². The Morgan fingerprint density at radius 3 is 2.28 bits per heavy atom. The van der Waals surface area contributed by atoms with Crippen molar-refractivity contribution in [3.8, 4) is 5.75 Å². The molecule has 1 aliphatic heterocycles. The van der Waals surface area contributed by atoms with E-state index in [1.165, 1.54) is 24.8 Å². The molecule has 2 aromatic rings. The molecule has 0 aromatic heterocycles. The highest BCUT2D eigenvalue weighted by Crippen LogP contribution is 2.27. The zero-order chi connectivity index (χ0) is 17.6. The molecule has 0 bridgehead atoms. The van der Waals surface area contributed by atoms with E-state index in [-0.39, 0.29) is 11.7 Å². The third kappa shape index (κ3) is 5.07. The number of phenols is 1. The van der Waals surface area contributed by atoms with Crippen molar-refractivity contribution in [1.82, 2.24) is 4.90 Å². The van der Waals surface area contributed by atoms with E-state index >= 15 is 0 Å². The van der Waals surface area contributed by atoms with Gasteiger partial charge in [0.25, 0.3) is 0 Å². The molecular formula is C22H29NO2. The van der Waals surface area contributed by atoms with Crippen LogP contribution in [0.2, 0.25) is 0 Å². The van der Waals surface area contributed by atoms with Gasteiger partial charge in [-0.2, -0.15) is 0 Å². The van der Waals surface area contributed by atoms with Crippen LogP contribution >= 0.6 is 0 Å². The molecule has 3 heteroatoms. The summed E-state index contributed by atoms with van der Waals surface area (Å²) in [4.78, 5) is 2.48. The first-order valence-corrected chi connectivity index (χ1v) is 9.35. The predicted molar refractivity (Wildman–Crippen MR) is 102 cm³/mol. The van der Waals surface area contributed by atoms with Gasteiger partial charge in [-0.15, -0.1) is 0 Å². The Labute approximate surface area is 150 Å². The summed E-state index contributed by atoms with van der Waals surface area (Å²) in [5.74, 6) is 1.19. The highest BCUT2D eigenvalue weighted by atomic mass is 16.3. The van der Waals surface area contributed by atoms with Crippen LogP contribution in [0, 0.1) is 11.8 Å². The molecule has 3 nitrogen and oxygen atoms in total. The van der Waals surface area contributed by atoms with Gasteiger partial charge in [0.1, 0.15) is 5.75 Å². The van der Waals surface area contributed by atoms with Crippen molar-refractivity contribution < 1.29 is 10.2 Å². The molecule has 1 aliphatic rings. The fourth-order valence-corrected chi connectivity index (χ4v) is 3.83. The second-order valence-corrected chi connectivity index (χ2v) is 7.45. The third-order valence-corrected chi connectivity index (χ3v) is 5.39. The first-order chi connectivity index (χ1) is 12.1. The summed E-state index contributed by atoms with van der Waals surface area (Å²) in [5.41, 5.74) is 2.32. The molecule has 3 rings (SSSR count). The van der Waals surface area contributed by atoms with Gasteiger partial charge in [0, 0.05) is 6.54 Å². The Balaban J connectivity index is 1.46. The quantitative estimate of drug-likeness (QED) is 0.835. The van der Waals surface area contributed by atoms with Crippen LogP contribution in [0.15, 0.2) is 54.6 Å². The molecular weight excluding hydrogens is 310 g/mol. The van der Waals surface area contributed by atoms with E-state index in [1.54, 1.807) is 12.1 Å². The molecule has 0 radical (unpaired) electrons. The zero-order valence-corrected chi connectivity index (χ0v) is 15.0. The van der Waals surface area contributed by atoms with Crippen molar-refractivity contribution in [2.45, 2.75) is 32.3 Å².